The highest BCUT2D eigenvalue weighted by Crippen LogP contribution is 2.46. The molecule has 2 nitrogen and oxygen atoms in total. The summed E-state index contributed by atoms with van der Waals surface area (Å²) < 4.78 is 0. The van der Waals surface area contributed by atoms with Crippen molar-refractivity contribution in [1.82, 2.24) is 0 Å². The molecule has 0 aromatic rings. The molecule has 2 atom stereocenters. The smallest absolute Gasteiger partial charge is 0.0760 e. The second-order valence-corrected chi connectivity index (χ2v) is 4.14. The van der Waals surface area contributed by atoms with Gasteiger partial charge in [0.25, 0.3) is 0 Å². The molecular formula is C8H14N2. The Morgan fingerprint density at radius 1 is 1.40 bits per heavy atom. The topological polar surface area (TPSA) is 24.7 Å². The first-order valence-electron chi connectivity index (χ1n) is 4.07. The zero-order valence-corrected chi connectivity index (χ0v) is 6.67. The van der Waals surface area contributed by atoms with Crippen LogP contribution in [0.1, 0.15) is 26.7 Å². The molecule has 0 aromatic carbocycles. The zero-order valence-electron chi connectivity index (χ0n) is 6.67. The maximum atomic E-state index is 4.22. The van der Waals surface area contributed by atoms with Gasteiger partial charge in [-0.2, -0.15) is 10.2 Å². The van der Waals surface area contributed by atoms with E-state index in [1.54, 1.807) is 0 Å². The maximum Gasteiger partial charge on any atom is 0.0760 e. The van der Waals surface area contributed by atoms with Crippen molar-refractivity contribution in [3.05, 3.63) is 0 Å². The lowest BCUT2D eigenvalue weighted by Crippen LogP contribution is -2.23. The first-order valence-corrected chi connectivity index (χ1v) is 4.07. The van der Waals surface area contributed by atoms with E-state index in [0.29, 0.717) is 11.5 Å². The quantitative estimate of drug-likeness (QED) is 0.490. The van der Waals surface area contributed by atoms with Gasteiger partial charge in [-0.25, -0.2) is 0 Å². The van der Waals surface area contributed by atoms with Crippen molar-refractivity contribution in [2.45, 2.75) is 32.7 Å². The molecule has 0 bridgehead atoms. The van der Waals surface area contributed by atoms with Crippen LogP contribution in [-0.4, -0.2) is 12.6 Å². The number of hydrogen-bond donors (Lipinski definition) is 0. The number of rotatable bonds is 0. The molecule has 0 N–H and O–H groups in total. The van der Waals surface area contributed by atoms with Gasteiger partial charge < -0.3 is 0 Å². The second kappa shape index (κ2) is 1.80. The molecule has 0 saturated heterocycles. The zero-order chi connectivity index (χ0) is 7.19. The van der Waals surface area contributed by atoms with Crippen molar-refractivity contribution in [1.29, 1.82) is 0 Å². The summed E-state index contributed by atoms with van der Waals surface area (Å²) in [6.45, 7) is 5.67. The number of fused-ring (bicyclic) bond motifs is 1. The lowest BCUT2D eigenvalue weighted by molar-refractivity contribution is 0.270. The van der Waals surface area contributed by atoms with Gasteiger partial charge in [-0.1, -0.05) is 13.8 Å². The Morgan fingerprint density at radius 2 is 2.20 bits per heavy atom. The second-order valence-electron chi connectivity index (χ2n) is 4.14. The van der Waals surface area contributed by atoms with Crippen molar-refractivity contribution < 1.29 is 0 Å². The van der Waals surface area contributed by atoms with Crippen molar-refractivity contribution in [2.75, 3.05) is 6.54 Å². The van der Waals surface area contributed by atoms with Gasteiger partial charge in [0.15, 0.2) is 0 Å². The molecule has 0 amide bonds. The Bertz CT molecular complexity index is 172. The molecule has 1 heterocycles. The summed E-state index contributed by atoms with van der Waals surface area (Å²) in [6.07, 6.45) is 2.60. The van der Waals surface area contributed by atoms with Gasteiger partial charge in [-0.05, 0) is 18.3 Å². The summed E-state index contributed by atoms with van der Waals surface area (Å²) in [6, 6.07) is 0.579. The fraction of sp³-hybridized carbons (Fsp3) is 1.00. The van der Waals surface area contributed by atoms with Crippen LogP contribution in [0.4, 0.5) is 0 Å². The summed E-state index contributed by atoms with van der Waals surface area (Å²) in [4.78, 5) is 0. The Labute approximate surface area is 61.7 Å². The van der Waals surface area contributed by atoms with Crippen LogP contribution in [-0.2, 0) is 0 Å². The third kappa shape index (κ3) is 0.710. The van der Waals surface area contributed by atoms with Crippen LogP contribution in [0.25, 0.3) is 0 Å². The summed E-state index contributed by atoms with van der Waals surface area (Å²) in [5.74, 6) is 0.757. The first-order chi connectivity index (χ1) is 4.70. The normalized spacial score (nSPS) is 42.2. The predicted molar refractivity (Wildman–Crippen MR) is 40.0 cm³/mol. The molecule has 2 unspecified atom stereocenters. The monoisotopic (exact) mass is 138 g/mol. The van der Waals surface area contributed by atoms with Gasteiger partial charge in [0.2, 0.25) is 0 Å². The molecule has 2 rings (SSSR count). The molecule has 0 aromatic heterocycles. The average molecular weight is 138 g/mol. The van der Waals surface area contributed by atoms with Crippen molar-refractivity contribution in [3.8, 4) is 0 Å². The minimum absolute atomic E-state index is 0.508. The van der Waals surface area contributed by atoms with Crippen LogP contribution >= 0.6 is 0 Å². The minimum atomic E-state index is 0.508. The molecule has 56 valence electrons. The molecule has 0 radical (unpaired) electrons. The molecule has 1 aliphatic heterocycles. The van der Waals surface area contributed by atoms with E-state index < -0.39 is 0 Å². The van der Waals surface area contributed by atoms with Crippen molar-refractivity contribution in [3.63, 3.8) is 0 Å². The lowest BCUT2D eigenvalue weighted by atomic mass is 9.81. The van der Waals surface area contributed by atoms with Crippen LogP contribution in [0.2, 0.25) is 0 Å². The standard InChI is InChI=1S/C8H14N2/c1-8(2)4-3-7-6(8)5-9-10-7/h6-7H,3-5H2,1-2H3. The van der Waals surface area contributed by atoms with E-state index in [2.05, 4.69) is 24.1 Å². The van der Waals surface area contributed by atoms with E-state index in [-0.39, 0.29) is 0 Å². The van der Waals surface area contributed by atoms with Crippen LogP contribution in [0.3, 0.4) is 0 Å². The van der Waals surface area contributed by atoms with E-state index >= 15 is 0 Å². The minimum Gasteiger partial charge on any atom is -0.194 e. The third-order valence-corrected chi connectivity index (χ3v) is 3.06. The van der Waals surface area contributed by atoms with Crippen molar-refractivity contribution in [2.24, 2.45) is 21.6 Å². The van der Waals surface area contributed by atoms with Crippen LogP contribution < -0.4 is 0 Å². The van der Waals surface area contributed by atoms with Gasteiger partial charge in [0.1, 0.15) is 0 Å². The molecule has 1 fully saturated rings. The van der Waals surface area contributed by atoms with E-state index in [1.165, 1.54) is 12.8 Å². The fourth-order valence-corrected chi connectivity index (χ4v) is 2.17. The maximum absolute atomic E-state index is 4.22. The van der Waals surface area contributed by atoms with E-state index in [9.17, 15) is 0 Å². The van der Waals surface area contributed by atoms with Crippen molar-refractivity contribution >= 4 is 0 Å². The SMILES string of the molecule is CC1(C)CCC2N=NCC21. The Balaban J connectivity index is 2.20. The third-order valence-electron chi connectivity index (χ3n) is 3.06. The van der Waals surface area contributed by atoms with E-state index in [4.69, 9.17) is 0 Å². The molecule has 10 heavy (non-hydrogen) atoms. The summed E-state index contributed by atoms with van der Waals surface area (Å²) in [5, 5.41) is 8.31. The van der Waals surface area contributed by atoms with E-state index in [1.807, 2.05) is 0 Å². The Hall–Kier alpha value is -0.400. The molecule has 2 heteroatoms. The lowest BCUT2D eigenvalue weighted by Gasteiger charge is -2.23. The number of hydrogen-bond acceptors (Lipinski definition) is 2. The molecule has 0 spiro atoms. The number of nitrogens with zero attached hydrogens (tertiary/aromatic N) is 2. The van der Waals surface area contributed by atoms with Gasteiger partial charge in [0, 0.05) is 5.92 Å². The summed E-state index contributed by atoms with van der Waals surface area (Å²) >= 11 is 0. The predicted octanol–water partition coefficient (Wildman–Crippen LogP) is 2.26. The van der Waals surface area contributed by atoms with Gasteiger partial charge in [-0.15, -0.1) is 0 Å². The van der Waals surface area contributed by atoms with Gasteiger partial charge >= 0.3 is 0 Å². The van der Waals surface area contributed by atoms with Crippen LogP contribution in [0, 0.1) is 11.3 Å². The summed E-state index contributed by atoms with van der Waals surface area (Å²) in [5.41, 5.74) is 0.508. The van der Waals surface area contributed by atoms with E-state index in [0.717, 1.165) is 12.5 Å². The largest absolute Gasteiger partial charge is 0.194 e. The van der Waals surface area contributed by atoms with Gasteiger partial charge in [-0.3, -0.25) is 0 Å². The Morgan fingerprint density at radius 3 is 2.90 bits per heavy atom. The van der Waals surface area contributed by atoms with Crippen LogP contribution in [0.15, 0.2) is 10.2 Å². The summed E-state index contributed by atoms with van der Waals surface area (Å²) in [7, 11) is 0. The molecule has 1 aliphatic carbocycles. The van der Waals surface area contributed by atoms with Gasteiger partial charge in [0.05, 0.1) is 12.6 Å². The highest BCUT2D eigenvalue weighted by Gasteiger charge is 2.44. The number of azo groups is 1. The molecular weight excluding hydrogens is 124 g/mol. The van der Waals surface area contributed by atoms with Crippen LogP contribution in [0.5, 0.6) is 0 Å². The highest BCUT2D eigenvalue weighted by molar-refractivity contribution is 4.97. The fourth-order valence-electron chi connectivity index (χ4n) is 2.17. The molecule has 1 saturated carbocycles. The average Bonchev–Trinajstić information content (AvgIpc) is 2.36. The highest BCUT2D eigenvalue weighted by atomic mass is 15.2. The first kappa shape index (κ1) is 6.32. The molecule has 2 aliphatic rings. The Kier molecular flexibility index (Phi) is 1.14.